The summed E-state index contributed by atoms with van der Waals surface area (Å²) < 4.78 is 0. The van der Waals surface area contributed by atoms with Crippen molar-refractivity contribution in [2.45, 2.75) is 51.0 Å². The van der Waals surface area contributed by atoms with Gasteiger partial charge in [0.05, 0.1) is 6.61 Å². The fourth-order valence-electron chi connectivity index (χ4n) is 3.44. The minimum atomic E-state index is 0.00505. The van der Waals surface area contributed by atoms with E-state index in [0.717, 1.165) is 25.7 Å². The zero-order valence-corrected chi connectivity index (χ0v) is 9.96. The summed E-state index contributed by atoms with van der Waals surface area (Å²) in [5.74, 6) is 0.638. The van der Waals surface area contributed by atoms with E-state index in [1.165, 1.54) is 12.0 Å². The van der Waals surface area contributed by atoms with E-state index in [4.69, 9.17) is 5.11 Å². The maximum atomic E-state index is 11.6. The zero-order chi connectivity index (χ0) is 11.6. The van der Waals surface area contributed by atoms with Crippen LogP contribution in [0.3, 0.4) is 0 Å². The second-order valence-corrected chi connectivity index (χ2v) is 5.13. The van der Waals surface area contributed by atoms with Crippen LogP contribution in [0.25, 0.3) is 0 Å². The van der Waals surface area contributed by atoms with E-state index in [2.05, 4.69) is 12.2 Å². The first-order chi connectivity index (χ1) is 7.68. The van der Waals surface area contributed by atoms with Gasteiger partial charge in [-0.15, -0.1) is 0 Å². The number of rotatable bonds is 2. The molecule has 2 aliphatic rings. The van der Waals surface area contributed by atoms with Crippen molar-refractivity contribution in [2.75, 3.05) is 6.61 Å². The molecule has 0 radical (unpaired) electrons. The molecule has 2 fully saturated rings. The second kappa shape index (κ2) is 4.58. The van der Waals surface area contributed by atoms with Crippen LogP contribution in [0.15, 0.2) is 11.6 Å². The Morgan fingerprint density at radius 1 is 1.56 bits per heavy atom. The Balaban J connectivity index is 2.18. The summed E-state index contributed by atoms with van der Waals surface area (Å²) in [4.78, 5) is 11.6. The van der Waals surface area contributed by atoms with Gasteiger partial charge in [-0.2, -0.15) is 0 Å². The number of hydrogen-bond acceptors (Lipinski definition) is 2. The van der Waals surface area contributed by atoms with Gasteiger partial charge in [-0.25, -0.2) is 0 Å². The van der Waals surface area contributed by atoms with Crippen molar-refractivity contribution < 1.29 is 9.90 Å². The fraction of sp³-hybridized carbons (Fsp3) is 0.769. The topological polar surface area (TPSA) is 49.3 Å². The van der Waals surface area contributed by atoms with Crippen LogP contribution in [0.5, 0.6) is 0 Å². The highest BCUT2D eigenvalue weighted by Crippen LogP contribution is 2.44. The Kier molecular flexibility index (Phi) is 3.33. The number of nitrogens with one attached hydrogen (secondary N) is 1. The molecule has 3 nitrogen and oxygen atoms in total. The van der Waals surface area contributed by atoms with E-state index in [-0.39, 0.29) is 18.1 Å². The molecule has 0 aromatic carbocycles. The molecule has 1 aliphatic heterocycles. The third-order valence-corrected chi connectivity index (χ3v) is 4.16. The van der Waals surface area contributed by atoms with Crippen molar-refractivity contribution in [1.29, 1.82) is 0 Å². The Bertz CT molecular complexity index is 311. The number of carbonyl (C=O) groups excluding carboxylic acids is 1. The van der Waals surface area contributed by atoms with Gasteiger partial charge < -0.3 is 10.4 Å². The maximum absolute atomic E-state index is 11.6. The quantitative estimate of drug-likeness (QED) is 0.701. The lowest BCUT2D eigenvalue weighted by molar-refractivity contribution is -0.125. The standard InChI is InChI=1S/C13H21NO2/c1-10(6-9-15)11-4-2-7-13(11)8-3-5-12(16)14-13/h6,11,15H,2-5,7-9H2,1H3,(H,14,16)/b10-6+/t11-,13+/m0/s1. The third kappa shape index (κ3) is 2.01. The first kappa shape index (κ1) is 11.6. The Hall–Kier alpha value is -0.830. The number of aliphatic hydroxyl groups excluding tert-OH is 1. The highest BCUT2D eigenvalue weighted by atomic mass is 16.2. The molecule has 2 N–H and O–H groups in total. The summed E-state index contributed by atoms with van der Waals surface area (Å²) in [7, 11) is 0. The van der Waals surface area contributed by atoms with Crippen LogP contribution in [-0.2, 0) is 4.79 Å². The molecule has 2 atom stereocenters. The predicted octanol–water partition coefficient (Wildman–Crippen LogP) is 1.76. The van der Waals surface area contributed by atoms with Gasteiger partial charge in [0.25, 0.3) is 0 Å². The molecule has 90 valence electrons. The molecule has 1 saturated heterocycles. The molecule has 1 saturated carbocycles. The van der Waals surface area contributed by atoms with E-state index in [1.807, 2.05) is 6.08 Å². The first-order valence-corrected chi connectivity index (χ1v) is 6.26. The van der Waals surface area contributed by atoms with Gasteiger partial charge in [0.1, 0.15) is 0 Å². The molecule has 0 aromatic rings. The lowest BCUT2D eigenvalue weighted by Gasteiger charge is -2.40. The van der Waals surface area contributed by atoms with Crippen molar-refractivity contribution in [1.82, 2.24) is 5.32 Å². The summed E-state index contributed by atoms with van der Waals surface area (Å²) in [6.07, 6.45) is 8.09. The average Bonchev–Trinajstić information content (AvgIpc) is 2.61. The lowest BCUT2D eigenvalue weighted by atomic mass is 9.76. The van der Waals surface area contributed by atoms with Gasteiger partial charge in [-0.3, -0.25) is 4.79 Å². The highest BCUT2D eigenvalue weighted by Gasteiger charge is 2.45. The molecule has 1 aliphatic carbocycles. The predicted molar refractivity (Wildman–Crippen MR) is 62.9 cm³/mol. The van der Waals surface area contributed by atoms with Crippen molar-refractivity contribution in [3.05, 3.63) is 11.6 Å². The van der Waals surface area contributed by atoms with Gasteiger partial charge in [0, 0.05) is 17.9 Å². The number of amides is 1. The summed E-state index contributed by atoms with van der Waals surface area (Å²) in [6.45, 7) is 2.18. The molecule has 1 amide bonds. The van der Waals surface area contributed by atoms with Crippen LogP contribution >= 0.6 is 0 Å². The maximum Gasteiger partial charge on any atom is 0.220 e. The minimum Gasteiger partial charge on any atom is -0.392 e. The van der Waals surface area contributed by atoms with Crippen molar-refractivity contribution >= 4 is 5.91 Å². The normalized spacial score (nSPS) is 35.5. The van der Waals surface area contributed by atoms with Crippen LogP contribution in [-0.4, -0.2) is 23.2 Å². The number of hydrogen-bond donors (Lipinski definition) is 2. The van der Waals surface area contributed by atoms with Gasteiger partial charge in [-0.05, 0) is 32.6 Å². The van der Waals surface area contributed by atoms with E-state index in [0.29, 0.717) is 12.3 Å². The van der Waals surface area contributed by atoms with Crippen molar-refractivity contribution in [3.63, 3.8) is 0 Å². The molecule has 3 heteroatoms. The summed E-state index contributed by atoms with van der Waals surface area (Å²) in [5.41, 5.74) is 1.24. The zero-order valence-electron chi connectivity index (χ0n) is 9.96. The van der Waals surface area contributed by atoms with Gasteiger partial charge in [-0.1, -0.05) is 18.1 Å². The van der Waals surface area contributed by atoms with Crippen LogP contribution in [0, 0.1) is 5.92 Å². The molecule has 1 heterocycles. The van der Waals surface area contributed by atoms with Gasteiger partial charge >= 0.3 is 0 Å². The Labute approximate surface area is 96.9 Å². The number of aliphatic hydroxyl groups is 1. The van der Waals surface area contributed by atoms with Crippen LogP contribution in [0.2, 0.25) is 0 Å². The van der Waals surface area contributed by atoms with Gasteiger partial charge in [0.2, 0.25) is 5.91 Å². The molecular formula is C13H21NO2. The molecule has 1 spiro atoms. The van der Waals surface area contributed by atoms with Crippen molar-refractivity contribution in [3.8, 4) is 0 Å². The average molecular weight is 223 g/mol. The van der Waals surface area contributed by atoms with E-state index >= 15 is 0 Å². The van der Waals surface area contributed by atoms with Gasteiger partial charge in [0.15, 0.2) is 0 Å². The monoisotopic (exact) mass is 223 g/mol. The largest absolute Gasteiger partial charge is 0.392 e. The van der Waals surface area contributed by atoms with Crippen LogP contribution in [0.1, 0.15) is 45.4 Å². The van der Waals surface area contributed by atoms with E-state index in [1.54, 1.807) is 0 Å². The lowest BCUT2D eigenvalue weighted by Crippen LogP contribution is -2.54. The Morgan fingerprint density at radius 2 is 2.31 bits per heavy atom. The Morgan fingerprint density at radius 3 is 3.00 bits per heavy atom. The number of carbonyl (C=O) groups is 1. The summed E-state index contributed by atoms with van der Waals surface area (Å²) >= 11 is 0. The number of piperidine rings is 1. The fourth-order valence-corrected chi connectivity index (χ4v) is 3.44. The SMILES string of the molecule is C/C(=C\CO)[C@@H]1CCC[C@@]12CCCC(=O)N2. The van der Waals surface area contributed by atoms with E-state index in [9.17, 15) is 4.79 Å². The van der Waals surface area contributed by atoms with Crippen molar-refractivity contribution in [2.24, 2.45) is 5.92 Å². The van der Waals surface area contributed by atoms with Crippen LogP contribution < -0.4 is 5.32 Å². The molecule has 16 heavy (non-hydrogen) atoms. The molecule has 0 unspecified atom stereocenters. The minimum absolute atomic E-state index is 0.00505. The highest BCUT2D eigenvalue weighted by molar-refractivity contribution is 5.77. The smallest absolute Gasteiger partial charge is 0.220 e. The molecule has 2 rings (SSSR count). The summed E-state index contributed by atoms with van der Waals surface area (Å²) in [5, 5.41) is 12.2. The molecular weight excluding hydrogens is 202 g/mol. The molecule has 0 aromatic heterocycles. The molecule has 0 bridgehead atoms. The summed E-state index contributed by atoms with van der Waals surface area (Å²) in [6, 6.07) is 0. The third-order valence-electron chi connectivity index (χ3n) is 4.16. The van der Waals surface area contributed by atoms with E-state index < -0.39 is 0 Å². The second-order valence-electron chi connectivity index (χ2n) is 5.13. The first-order valence-electron chi connectivity index (χ1n) is 6.26. The van der Waals surface area contributed by atoms with Crippen LogP contribution in [0.4, 0.5) is 0 Å².